The first kappa shape index (κ1) is 29.9. The highest BCUT2D eigenvalue weighted by Gasteiger charge is 2.16. The molecule has 0 aromatic heterocycles. The molecule has 0 atom stereocenters. The van der Waals surface area contributed by atoms with Gasteiger partial charge in [0.25, 0.3) is 11.8 Å². The maximum atomic E-state index is 14.4. The van der Waals surface area contributed by atoms with Gasteiger partial charge >= 0.3 is 0 Å². The third kappa shape index (κ3) is 8.21. The Labute approximate surface area is 246 Å². The second kappa shape index (κ2) is 14.5. The summed E-state index contributed by atoms with van der Waals surface area (Å²) in [6, 6.07) is 26.3. The maximum Gasteiger partial charge on any atom is 0.272 e. The summed E-state index contributed by atoms with van der Waals surface area (Å²) in [5.74, 6) is -0.790. The van der Waals surface area contributed by atoms with E-state index in [2.05, 4.69) is 16.0 Å². The molecule has 0 aliphatic carbocycles. The number of anilines is 2. The third-order valence-electron chi connectivity index (χ3n) is 5.88. The summed E-state index contributed by atoms with van der Waals surface area (Å²) < 4.78 is 24.9. The molecule has 4 rings (SSSR count). The van der Waals surface area contributed by atoms with Gasteiger partial charge in [-0.1, -0.05) is 42.5 Å². The molecule has 0 radical (unpaired) electrons. The molecule has 0 bridgehead atoms. The summed E-state index contributed by atoms with van der Waals surface area (Å²) in [6.45, 7) is 0. The van der Waals surface area contributed by atoms with Crippen molar-refractivity contribution in [3.05, 3.63) is 120 Å². The van der Waals surface area contributed by atoms with Crippen molar-refractivity contribution in [2.75, 3.05) is 30.6 Å². The summed E-state index contributed by atoms with van der Waals surface area (Å²) >= 11 is 1.27. The van der Waals surface area contributed by atoms with Gasteiger partial charge in [-0.2, -0.15) is 0 Å². The number of halogens is 1. The number of amides is 3. The Hall–Kier alpha value is -5.09. The minimum absolute atomic E-state index is 0.0954. The lowest BCUT2D eigenvalue weighted by atomic mass is 10.1. The van der Waals surface area contributed by atoms with Gasteiger partial charge in [-0.25, -0.2) is 4.39 Å². The molecule has 0 unspecified atom stereocenters. The van der Waals surface area contributed by atoms with Crippen molar-refractivity contribution in [3.8, 4) is 11.5 Å². The van der Waals surface area contributed by atoms with Crippen LogP contribution in [0.2, 0.25) is 0 Å². The monoisotopic (exact) mass is 585 g/mol. The van der Waals surface area contributed by atoms with Crippen LogP contribution in [-0.2, 0) is 9.59 Å². The number of rotatable bonds is 11. The average Bonchev–Trinajstić information content (AvgIpc) is 3.01. The Morgan fingerprint density at radius 3 is 2.33 bits per heavy atom. The number of nitrogens with one attached hydrogen (secondary N) is 3. The quantitative estimate of drug-likeness (QED) is 0.148. The molecule has 0 saturated carbocycles. The Bertz CT molecular complexity index is 1610. The van der Waals surface area contributed by atoms with Crippen LogP contribution in [0.1, 0.15) is 15.9 Å². The van der Waals surface area contributed by atoms with Gasteiger partial charge in [0.15, 0.2) is 0 Å². The van der Waals surface area contributed by atoms with Crippen LogP contribution in [0, 0.1) is 5.82 Å². The number of hydrogen-bond donors (Lipinski definition) is 3. The summed E-state index contributed by atoms with van der Waals surface area (Å²) in [6.07, 6.45) is 1.28. The SMILES string of the molecule is COc1ccc(NC(=O)CSc2cccc(NC(=O)/C(=C/c3ccccc3F)NC(=O)c3ccccc3)c2)c(OC)c1. The largest absolute Gasteiger partial charge is 0.497 e. The zero-order valence-corrected chi connectivity index (χ0v) is 23.7. The highest BCUT2D eigenvalue weighted by Crippen LogP contribution is 2.29. The van der Waals surface area contributed by atoms with Crippen molar-refractivity contribution in [2.24, 2.45) is 0 Å². The Morgan fingerprint density at radius 2 is 1.60 bits per heavy atom. The second-order valence-corrected chi connectivity index (χ2v) is 9.83. The summed E-state index contributed by atoms with van der Waals surface area (Å²) in [5.41, 5.74) is 1.28. The Balaban J connectivity index is 1.45. The van der Waals surface area contributed by atoms with Crippen molar-refractivity contribution < 1.29 is 28.2 Å². The summed E-state index contributed by atoms with van der Waals surface area (Å²) in [7, 11) is 3.05. The van der Waals surface area contributed by atoms with Gasteiger partial charge in [0, 0.05) is 27.8 Å². The number of carbonyl (C=O) groups excluding carboxylic acids is 3. The fraction of sp³-hybridized carbons (Fsp3) is 0.0938. The topological polar surface area (TPSA) is 106 Å². The van der Waals surface area contributed by atoms with E-state index >= 15 is 0 Å². The van der Waals surface area contributed by atoms with Crippen LogP contribution >= 0.6 is 11.8 Å². The van der Waals surface area contributed by atoms with Gasteiger partial charge in [-0.05, 0) is 54.6 Å². The van der Waals surface area contributed by atoms with E-state index in [9.17, 15) is 18.8 Å². The van der Waals surface area contributed by atoms with Crippen LogP contribution < -0.4 is 25.4 Å². The van der Waals surface area contributed by atoms with E-state index in [1.165, 1.54) is 43.1 Å². The predicted octanol–water partition coefficient (Wildman–Crippen LogP) is 5.98. The lowest BCUT2D eigenvalue weighted by molar-refractivity contribution is -0.114. The zero-order chi connectivity index (χ0) is 29.9. The van der Waals surface area contributed by atoms with Crippen LogP contribution in [0.15, 0.2) is 108 Å². The van der Waals surface area contributed by atoms with Crippen molar-refractivity contribution in [3.63, 3.8) is 0 Å². The molecule has 42 heavy (non-hydrogen) atoms. The average molecular weight is 586 g/mol. The van der Waals surface area contributed by atoms with E-state index in [0.717, 1.165) is 4.90 Å². The maximum absolute atomic E-state index is 14.4. The zero-order valence-electron chi connectivity index (χ0n) is 22.8. The van der Waals surface area contributed by atoms with E-state index in [1.807, 2.05) is 0 Å². The smallest absolute Gasteiger partial charge is 0.272 e. The van der Waals surface area contributed by atoms with Gasteiger partial charge in [0.1, 0.15) is 23.0 Å². The Kier molecular flexibility index (Phi) is 10.3. The van der Waals surface area contributed by atoms with Crippen molar-refractivity contribution >= 4 is 46.9 Å². The fourth-order valence-electron chi connectivity index (χ4n) is 3.79. The molecule has 0 spiro atoms. The summed E-state index contributed by atoms with van der Waals surface area (Å²) in [4.78, 5) is 39.4. The standard InChI is InChI=1S/C32H28FN3O5S/c1-40-24-15-16-27(29(19-24)41-2)35-30(37)20-42-25-13-8-12-23(18-25)34-32(39)28(17-22-11-6-7-14-26(22)33)36-31(38)21-9-4-3-5-10-21/h3-19H,20H2,1-2H3,(H,34,39)(H,35,37)(H,36,38)/b28-17-. The second-order valence-electron chi connectivity index (χ2n) is 8.78. The molecule has 0 heterocycles. The first-order chi connectivity index (χ1) is 20.4. The van der Waals surface area contributed by atoms with Crippen LogP contribution in [0.3, 0.4) is 0 Å². The molecule has 0 aliphatic rings. The van der Waals surface area contributed by atoms with Crippen molar-refractivity contribution in [2.45, 2.75) is 4.90 Å². The number of thioether (sulfide) groups is 1. The first-order valence-corrected chi connectivity index (χ1v) is 13.7. The minimum Gasteiger partial charge on any atom is -0.497 e. The van der Waals surface area contributed by atoms with E-state index in [4.69, 9.17) is 9.47 Å². The highest BCUT2D eigenvalue weighted by atomic mass is 32.2. The molecular formula is C32H28FN3O5S. The van der Waals surface area contributed by atoms with Gasteiger partial charge in [0.2, 0.25) is 5.91 Å². The molecule has 4 aromatic rings. The van der Waals surface area contributed by atoms with Crippen molar-refractivity contribution in [1.82, 2.24) is 5.32 Å². The lowest BCUT2D eigenvalue weighted by Gasteiger charge is -2.13. The van der Waals surface area contributed by atoms with Gasteiger partial charge in [-0.15, -0.1) is 11.8 Å². The molecule has 8 nitrogen and oxygen atoms in total. The van der Waals surface area contributed by atoms with E-state index < -0.39 is 17.6 Å². The van der Waals surface area contributed by atoms with Crippen LogP contribution in [-0.4, -0.2) is 37.7 Å². The van der Waals surface area contributed by atoms with Crippen LogP contribution in [0.5, 0.6) is 11.5 Å². The van der Waals surface area contributed by atoms with E-state index in [0.29, 0.717) is 28.4 Å². The van der Waals surface area contributed by atoms with Gasteiger partial charge < -0.3 is 25.4 Å². The number of ether oxygens (including phenoxy) is 2. The molecule has 3 amide bonds. The number of carbonyl (C=O) groups is 3. The molecule has 4 aromatic carbocycles. The predicted molar refractivity (Wildman–Crippen MR) is 162 cm³/mol. The molecule has 10 heteroatoms. The number of benzene rings is 4. The first-order valence-electron chi connectivity index (χ1n) is 12.7. The van der Waals surface area contributed by atoms with E-state index in [1.54, 1.807) is 86.0 Å². The number of methoxy groups -OCH3 is 2. The third-order valence-corrected chi connectivity index (χ3v) is 6.87. The number of hydrogen-bond acceptors (Lipinski definition) is 6. The molecule has 0 fully saturated rings. The Morgan fingerprint density at radius 1 is 0.833 bits per heavy atom. The van der Waals surface area contributed by atoms with E-state index in [-0.39, 0.29) is 22.9 Å². The van der Waals surface area contributed by atoms with Gasteiger partial charge in [0.05, 0.1) is 25.7 Å². The normalized spacial score (nSPS) is 10.9. The van der Waals surface area contributed by atoms with Crippen molar-refractivity contribution in [1.29, 1.82) is 0 Å². The molecule has 214 valence electrons. The van der Waals surface area contributed by atoms with Crippen LogP contribution in [0.25, 0.3) is 6.08 Å². The highest BCUT2D eigenvalue weighted by molar-refractivity contribution is 8.00. The summed E-state index contributed by atoms with van der Waals surface area (Å²) in [5, 5.41) is 8.15. The fourth-order valence-corrected chi connectivity index (χ4v) is 4.54. The molecule has 0 aliphatic heterocycles. The minimum atomic E-state index is -0.644. The molecular weight excluding hydrogens is 557 g/mol. The molecule has 0 saturated heterocycles. The molecule has 3 N–H and O–H groups in total. The lowest BCUT2D eigenvalue weighted by Crippen LogP contribution is -2.30. The van der Waals surface area contributed by atoms with Crippen LogP contribution in [0.4, 0.5) is 15.8 Å². The van der Waals surface area contributed by atoms with Gasteiger partial charge in [-0.3, -0.25) is 14.4 Å².